The van der Waals surface area contributed by atoms with Gasteiger partial charge in [0.05, 0.1) is 6.54 Å². The van der Waals surface area contributed by atoms with E-state index in [0.717, 1.165) is 37.9 Å². The molecule has 1 aliphatic carbocycles. The van der Waals surface area contributed by atoms with Crippen LogP contribution in [-0.4, -0.2) is 48.0 Å². The van der Waals surface area contributed by atoms with Crippen LogP contribution in [0.2, 0.25) is 0 Å². The summed E-state index contributed by atoms with van der Waals surface area (Å²) in [4.78, 5) is 4.32. The largest absolute Gasteiger partial charge is 0.385 e. The van der Waals surface area contributed by atoms with E-state index in [1.807, 2.05) is 4.57 Å². The number of ether oxygens (including phenoxy) is 1. The van der Waals surface area contributed by atoms with E-state index in [2.05, 4.69) is 32.7 Å². The fourth-order valence-electron chi connectivity index (χ4n) is 3.29. The molecule has 1 fully saturated rings. The molecule has 0 aliphatic heterocycles. The van der Waals surface area contributed by atoms with E-state index in [4.69, 9.17) is 4.74 Å². The van der Waals surface area contributed by atoms with Gasteiger partial charge in [0.2, 0.25) is 0 Å². The zero-order valence-corrected chi connectivity index (χ0v) is 14.6. The lowest BCUT2D eigenvalue weighted by Crippen LogP contribution is -2.43. The molecule has 1 aromatic heterocycles. The van der Waals surface area contributed by atoms with Gasteiger partial charge in [-0.05, 0) is 31.6 Å². The van der Waals surface area contributed by atoms with Gasteiger partial charge >= 0.3 is 0 Å². The minimum Gasteiger partial charge on any atom is -0.385 e. The third-order valence-corrected chi connectivity index (χ3v) is 4.81. The molecule has 0 saturated heterocycles. The van der Waals surface area contributed by atoms with Gasteiger partial charge in [-0.25, -0.2) is 0 Å². The number of hydrogen-bond donors (Lipinski definition) is 2. The van der Waals surface area contributed by atoms with Gasteiger partial charge in [-0.15, -0.1) is 10.2 Å². The van der Waals surface area contributed by atoms with E-state index < -0.39 is 0 Å². The molecule has 23 heavy (non-hydrogen) atoms. The smallest absolute Gasteiger partial charge is 0.191 e. The number of nitrogens with zero attached hydrogens (tertiary/aromatic N) is 4. The Morgan fingerprint density at radius 2 is 2.17 bits per heavy atom. The fraction of sp³-hybridized carbons (Fsp3) is 0.812. The van der Waals surface area contributed by atoms with Crippen molar-refractivity contribution < 1.29 is 4.74 Å². The minimum absolute atomic E-state index is 0.344. The van der Waals surface area contributed by atoms with Gasteiger partial charge in [0.15, 0.2) is 11.8 Å². The van der Waals surface area contributed by atoms with E-state index in [0.29, 0.717) is 12.0 Å². The Labute approximate surface area is 138 Å². The van der Waals surface area contributed by atoms with Gasteiger partial charge in [-0.1, -0.05) is 12.8 Å². The zero-order valence-electron chi connectivity index (χ0n) is 14.6. The topological polar surface area (TPSA) is 76.4 Å². The van der Waals surface area contributed by atoms with Gasteiger partial charge in [0, 0.05) is 33.9 Å². The summed E-state index contributed by atoms with van der Waals surface area (Å²) in [5.74, 6) is 1.74. The van der Waals surface area contributed by atoms with Gasteiger partial charge < -0.3 is 19.9 Å². The quantitative estimate of drug-likeness (QED) is 0.561. The highest BCUT2D eigenvalue weighted by atomic mass is 16.5. The van der Waals surface area contributed by atoms with Crippen LogP contribution in [0.1, 0.15) is 44.9 Å². The Kier molecular flexibility index (Phi) is 6.83. The molecular formula is C16H30N6O. The number of aromatic nitrogens is 3. The van der Waals surface area contributed by atoms with Crippen molar-refractivity contribution in [2.75, 3.05) is 27.3 Å². The number of hydrogen-bond acceptors (Lipinski definition) is 4. The van der Waals surface area contributed by atoms with E-state index in [-0.39, 0.29) is 0 Å². The van der Waals surface area contributed by atoms with Crippen LogP contribution in [0.15, 0.2) is 11.3 Å². The Morgan fingerprint density at radius 3 is 2.83 bits per heavy atom. The maximum Gasteiger partial charge on any atom is 0.191 e. The van der Waals surface area contributed by atoms with Crippen LogP contribution in [-0.2, 0) is 17.8 Å². The molecule has 2 rings (SSSR count). The van der Waals surface area contributed by atoms with Crippen molar-refractivity contribution in [3.05, 3.63) is 12.2 Å². The van der Waals surface area contributed by atoms with Crippen LogP contribution in [0.25, 0.3) is 0 Å². The maximum absolute atomic E-state index is 5.29. The van der Waals surface area contributed by atoms with Crippen LogP contribution in [0.5, 0.6) is 0 Å². The van der Waals surface area contributed by atoms with Crippen molar-refractivity contribution in [2.24, 2.45) is 10.4 Å². The number of aryl methyl sites for hydroxylation is 1. The Bertz CT molecular complexity index is 493. The third-order valence-electron chi connectivity index (χ3n) is 4.81. The molecule has 1 saturated carbocycles. The molecule has 0 radical (unpaired) electrons. The standard InChI is InChI=1S/C16H30N6O/c1-4-22-13-20-21-14(22)11-18-15(17-2)19-12-16(9-10-23-3)7-5-6-8-16/h13H,4-12H2,1-3H3,(H2,17,18,19). The van der Waals surface area contributed by atoms with E-state index in [1.54, 1.807) is 20.5 Å². The van der Waals surface area contributed by atoms with Crippen LogP contribution < -0.4 is 10.6 Å². The van der Waals surface area contributed by atoms with Crippen molar-refractivity contribution in [3.8, 4) is 0 Å². The second-order valence-corrected chi connectivity index (χ2v) is 6.26. The second-order valence-electron chi connectivity index (χ2n) is 6.26. The van der Waals surface area contributed by atoms with Crippen LogP contribution in [0.4, 0.5) is 0 Å². The maximum atomic E-state index is 5.29. The molecule has 7 nitrogen and oxygen atoms in total. The molecule has 1 aliphatic rings. The molecular weight excluding hydrogens is 292 g/mol. The number of rotatable bonds is 8. The first-order chi connectivity index (χ1) is 11.2. The predicted octanol–water partition coefficient (Wildman–Crippen LogP) is 1.56. The Hall–Kier alpha value is -1.63. The molecule has 0 unspecified atom stereocenters. The molecule has 0 amide bonds. The van der Waals surface area contributed by atoms with Crippen molar-refractivity contribution in [2.45, 2.75) is 52.1 Å². The molecule has 7 heteroatoms. The van der Waals surface area contributed by atoms with Gasteiger partial charge in [0.25, 0.3) is 0 Å². The van der Waals surface area contributed by atoms with Crippen molar-refractivity contribution >= 4 is 5.96 Å². The molecule has 1 heterocycles. The number of aliphatic imine (C=N–C) groups is 1. The summed E-state index contributed by atoms with van der Waals surface area (Å²) >= 11 is 0. The molecule has 0 spiro atoms. The number of nitrogens with one attached hydrogen (secondary N) is 2. The SMILES string of the molecule is CCn1cnnc1CNC(=NC)NCC1(CCOC)CCCC1. The summed E-state index contributed by atoms with van der Waals surface area (Å²) in [5.41, 5.74) is 0.344. The summed E-state index contributed by atoms with van der Waals surface area (Å²) in [7, 11) is 3.58. The fourth-order valence-corrected chi connectivity index (χ4v) is 3.29. The van der Waals surface area contributed by atoms with E-state index in [1.165, 1.54) is 25.7 Å². The van der Waals surface area contributed by atoms with Crippen LogP contribution in [0, 0.1) is 5.41 Å². The first-order valence-electron chi connectivity index (χ1n) is 8.53. The normalized spacial score (nSPS) is 17.4. The Balaban J connectivity index is 1.84. The molecule has 0 atom stereocenters. The number of methoxy groups -OCH3 is 1. The number of guanidine groups is 1. The van der Waals surface area contributed by atoms with Gasteiger partial charge in [0.1, 0.15) is 6.33 Å². The lowest BCUT2D eigenvalue weighted by molar-refractivity contribution is 0.138. The molecule has 1 aromatic rings. The average Bonchev–Trinajstić information content (AvgIpc) is 3.22. The van der Waals surface area contributed by atoms with Crippen molar-refractivity contribution in [1.29, 1.82) is 0 Å². The first-order valence-corrected chi connectivity index (χ1v) is 8.53. The zero-order chi connectivity index (χ0) is 16.5. The van der Waals surface area contributed by atoms with Crippen LogP contribution >= 0.6 is 0 Å². The van der Waals surface area contributed by atoms with Crippen molar-refractivity contribution in [1.82, 2.24) is 25.4 Å². The lowest BCUT2D eigenvalue weighted by Gasteiger charge is -2.29. The molecule has 130 valence electrons. The highest BCUT2D eigenvalue weighted by Gasteiger charge is 2.33. The van der Waals surface area contributed by atoms with Gasteiger partial charge in [-0.2, -0.15) is 0 Å². The molecule has 2 N–H and O–H groups in total. The summed E-state index contributed by atoms with van der Waals surface area (Å²) in [6, 6.07) is 0. The van der Waals surface area contributed by atoms with Crippen molar-refractivity contribution in [3.63, 3.8) is 0 Å². The van der Waals surface area contributed by atoms with Gasteiger partial charge in [-0.3, -0.25) is 4.99 Å². The third kappa shape index (κ3) is 4.92. The first kappa shape index (κ1) is 17.7. The monoisotopic (exact) mass is 322 g/mol. The summed E-state index contributed by atoms with van der Waals surface area (Å²) in [5, 5.41) is 14.9. The highest BCUT2D eigenvalue weighted by Crippen LogP contribution is 2.40. The lowest BCUT2D eigenvalue weighted by atomic mass is 9.83. The molecule has 0 bridgehead atoms. The second kappa shape index (κ2) is 8.86. The predicted molar refractivity (Wildman–Crippen MR) is 91.3 cm³/mol. The van der Waals surface area contributed by atoms with Crippen LogP contribution in [0.3, 0.4) is 0 Å². The summed E-state index contributed by atoms with van der Waals surface area (Å²) in [6.45, 7) is 5.35. The average molecular weight is 322 g/mol. The van der Waals surface area contributed by atoms with E-state index in [9.17, 15) is 0 Å². The highest BCUT2D eigenvalue weighted by molar-refractivity contribution is 5.79. The molecule has 0 aromatic carbocycles. The van der Waals surface area contributed by atoms with E-state index >= 15 is 0 Å². The summed E-state index contributed by atoms with van der Waals surface area (Å²) < 4.78 is 7.32. The minimum atomic E-state index is 0.344. The Morgan fingerprint density at radius 1 is 1.39 bits per heavy atom. The summed E-state index contributed by atoms with van der Waals surface area (Å²) in [6.07, 6.45) is 8.03.